The summed E-state index contributed by atoms with van der Waals surface area (Å²) in [5.74, 6) is -0.357. The lowest BCUT2D eigenvalue weighted by molar-refractivity contribution is 0.0601. The maximum atomic E-state index is 11.6. The quantitative estimate of drug-likeness (QED) is 0.462. The number of hydrogen-bond donors (Lipinski definition) is 0. The van der Waals surface area contributed by atoms with E-state index < -0.39 is 0 Å². The molecule has 6 heteroatoms. The Morgan fingerprint density at radius 1 is 1.12 bits per heavy atom. The third-order valence-electron chi connectivity index (χ3n) is 3.45. The lowest BCUT2D eigenvalue weighted by Gasteiger charge is -2.02. The predicted octanol–water partition coefficient (Wildman–Crippen LogP) is 6.52. The standard InChI is InChI=1S/C18H13Cl2NO2S.C2H6/c1-23-18(22)13-4-2-3-12(9-13)17-21-14(10-24-17)7-11-5-6-15(19)16(20)8-11;1-2/h2-6,8-10H,7H2,1H3;1-2H3. The van der Waals surface area contributed by atoms with Gasteiger partial charge >= 0.3 is 5.97 Å². The summed E-state index contributed by atoms with van der Waals surface area (Å²) in [6, 6.07) is 12.8. The Bertz CT molecular complexity index is 893. The van der Waals surface area contributed by atoms with Crippen LogP contribution in [0.3, 0.4) is 0 Å². The van der Waals surface area contributed by atoms with Crippen LogP contribution < -0.4 is 0 Å². The first kappa shape index (κ1) is 20.4. The van der Waals surface area contributed by atoms with E-state index in [1.54, 1.807) is 18.2 Å². The molecule has 26 heavy (non-hydrogen) atoms. The molecule has 3 rings (SSSR count). The zero-order valence-electron chi connectivity index (χ0n) is 14.8. The number of halogens is 2. The van der Waals surface area contributed by atoms with Gasteiger partial charge in [0.25, 0.3) is 0 Å². The average Bonchev–Trinajstić information content (AvgIpc) is 3.14. The van der Waals surface area contributed by atoms with Crippen molar-refractivity contribution in [1.82, 2.24) is 4.98 Å². The first-order valence-electron chi connectivity index (χ1n) is 8.14. The Balaban J connectivity index is 0.00000117. The number of carbonyl (C=O) groups is 1. The summed E-state index contributed by atoms with van der Waals surface area (Å²) in [6.07, 6.45) is 0.671. The molecule has 0 aliphatic carbocycles. The number of carbonyl (C=O) groups excluding carboxylic acids is 1. The van der Waals surface area contributed by atoms with Gasteiger partial charge in [0.05, 0.1) is 28.4 Å². The van der Waals surface area contributed by atoms with Crippen molar-refractivity contribution < 1.29 is 9.53 Å². The van der Waals surface area contributed by atoms with Crippen LogP contribution in [0.15, 0.2) is 47.8 Å². The Morgan fingerprint density at radius 3 is 2.58 bits per heavy atom. The van der Waals surface area contributed by atoms with E-state index in [2.05, 4.69) is 4.98 Å². The molecule has 0 fully saturated rings. The van der Waals surface area contributed by atoms with E-state index >= 15 is 0 Å². The highest BCUT2D eigenvalue weighted by Crippen LogP contribution is 2.27. The molecule has 0 N–H and O–H groups in total. The van der Waals surface area contributed by atoms with E-state index in [0.29, 0.717) is 22.0 Å². The van der Waals surface area contributed by atoms with Gasteiger partial charge in [-0.2, -0.15) is 0 Å². The van der Waals surface area contributed by atoms with Crippen LogP contribution in [0.5, 0.6) is 0 Å². The normalized spacial score (nSPS) is 10.0. The van der Waals surface area contributed by atoms with Crippen molar-refractivity contribution in [2.75, 3.05) is 7.11 Å². The van der Waals surface area contributed by atoms with Crippen molar-refractivity contribution in [2.24, 2.45) is 0 Å². The number of ether oxygens (including phenoxy) is 1. The van der Waals surface area contributed by atoms with E-state index in [9.17, 15) is 4.79 Å². The molecule has 136 valence electrons. The molecular formula is C20H19Cl2NO2S. The van der Waals surface area contributed by atoms with E-state index in [0.717, 1.165) is 21.8 Å². The number of hydrogen-bond acceptors (Lipinski definition) is 4. The van der Waals surface area contributed by atoms with Crippen molar-refractivity contribution >= 4 is 40.5 Å². The van der Waals surface area contributed by atoms with Crippen LogP contribution in [-0.2, 0) is 11.2 Å². The third-order valence-corrected chi connectivity index (χ3v) is 5.13. The largest absolute Gasteiger partial charge is 0.465 e. The molecule has 3 aromatic rings. The molecule has 3 nitrogen and oxygen atoms in total. The monoisotopic (exact) mass is 407 g/mol. The van der Waals surface area contributed by atoms with Crippen molar-refractivity contribution in [1.29, 1.82) is 0 Å². The Hall–Kier alpha value is -1.88. The Kier molecular flexibility index (Phi) is 7.64. The summed E-state index contributed by atoms with van der Waals surface area (Å²) in [7, 11) is 1.37. The Morgan fingerprint density at radius 2 is 1.88 bits per heavy atom. The molecule has 0 radical (unpaired) electrons. The minimum Gasteiger partial charge on any atom is -0.465 e. The molecule has 0 amide bonds. The second-order valence-corrected chi connectivity index (χ2v) is 6.81. The van der Waals surface area contributed by atoms with Crippen molar-refractivity contribution in [2.45, 2.75) is 20.3 Å². The first-order valence-corrected chi connectivity index (χ1v) is 9.77. The molecule has 1 aromatic heterocycles. The first-order chi connectivity index (χ1) is 12.6. The molecular weight excluding hydrogens is 389 g/mol. The van der Waals surface area contributed by atoms with Crippen LogP contribution >= 0.6 is 34.5 Å². The fourth-order valence-electron chi connectivity index (χ4n) is 2.28. The van der Waals surface area contributed by atoms with Gasteiger partial charge < -0.3 is 4.74 Å². The van der Waals surface area contributed by atoms with Crippen LogP contribution in [-0.4, -0.2) is 18.1 Å². The maximum Gasteiger partial charge on any atom is 0.337 e. The summed E-state index contributed by atoms with van der Waals surface area (Å²) >= 11 is 13.5. The lowest BCUT2D eigenvalue weighted by atomic mass is 10.1. The Labute approximate surface area is 167 Å². The second-order valence-electron chi connectivity index (χ2n) is 5.14. The number of thiazole rings is 1. The molecule has 0 bridgehead atoms. The summed E-state index contributed by atoms with van der Waals surface area (Å²) in [5, 5.41) is 3.94. The SMILES string of the molecule is CC.COC(=O)c1cccc(-c2nc(Cc3ccc(Cl)c(Cl)c3)cs2)c1. The third kappa shape index (κ3) is 5.07. The molecule has 0 atom stereocenters. The van der Waals surface area contributed by atoms with Crippen molar-refractivity contribution in [3.05, 3.63) is 74.7 Å². The molecule has 0 saturated heterocycles. The lowest BCUT2D eigenvalue weighted by Crippen LogP contribution is -2.00. The van der Waals surface area contributed by atoms with Gasteiger partial charge in [0.2, 0.25) is 0 Å². The molecule has 0 saturated carbocycles. The highest BCUT2D eigenvalue weighted by molar-refractivity contribution is 7.13. The van der Waals surface area contributed by atoms with Crippen LogP contribution in [0.2, 0.25) is 10.0 Å². The van der Waals surface area contributed by atoms with Gasteiger partial charge in [0.1, 0.15) is 5.01 Å². The summed E-state index contributed by atoms with van der Waals surface area (Å²) in [6.45, 7) is 4.00. The van der Waals surface area contributed by atoms with E-state index in [1.807, 2.05) is 43.5 Å². The van der Waals surface area contributed by atoms with E-state index in [-0.39, 0.29) is 5.97 Å². The number of benzene rings is 2. The minimum atomic E-state index is -0.357. The topological polar surface area (TPSA) is 39.2 Å². The molecule has 0 aliphatic heterocycles. The minimum absolute atomic E-state index is 0.357. The van der Waals surface area contributed by atoms with Gasteiger partial charge in [0, 0.05) is 17.4 Å². The van der Waals surface area contributed by atoms with Gasteiger partial charge in [-0.25, -0.2) is 9.78 Å². The van der Waals surface area contributed by atoms with Crippen LogP contribution in [0.1, 0.15) is 35.5 Å². The number of esters is 1. The zero-order valence-corrected chi connectivity index (χ0v) is 17.1. The zero-order chi connectivity index (χ0) is 19.1. The summed E-state index contributed by atoms with van der Waals surface area (Å²) in [5.41, 5.74) is 3.39. The number of rotatable bonds is 4. The molecule has 1 heterocycles. The number of aromatic nitrogens is 1. The highest BCUT2D eigenvalue weighted by Gasteiger charge is 2.10. The predicted molar refractivity (Wildman–Crippen MR) is 110 cm³/mol. The average molecular weight is 408 g/mol. The number of nitrogens with zero attached hydrogens (tertiary/aromatic N) is 1. The second kappa shape index (κ2) is 9.72. The fourth-order valence-corrected chi connectivity index (χ4v) is 3.41. The van der Waals surface area contributed by atoms with Gasteiger partial charge in [-0.3, -0.25) is 0 Å². The summed E-state index contributed by atoms with van der Waals surface area (Å²) in [4.78, 5) is 16.3. The van der Waals surface area contributed by atoms with Crippen LogP contribution in [0.4, 0.5) is 0 Å². The van der Waals surface area contributed by atoms with E-state index in [1.165, 1.54) is 18.4 Å². The maximum absolute atomic E-state index is 11.6. The smallest absolute Gasteiger partial charge is 0.337 e. The highest BCUT2D eigenvalue weighted by atomic mass is 35.5. The molecule has 0 spiro atoms. The van der Waals surface area contributed by atoms with Gasteiger partial charge in [-0.1, -0.05) is 55.2 Å². The molecule has 0 unspecified atom stereocenters. The van der Waals surface area contributed by atoms with E-state index in [4.69, 9.17) is 27.9 Å². The van der Waals surface area contributed by atoms with Crippen LogP contribution in [0.25, 0.3) is 10.6 Å². The molecule has 0 aliphatic rings. The van der Waals surface area contributed by atoms with Crippen molar-refractivity contribution in [3.8, 4) is 10.6 Å². The van der Waals surface area contributed by atoms with Gasteiger partial charge in [0.15, 0.2) is 0 Å². The number of methoxy groups -OCH3 is 1. The van der Waals surface area contributed by atoms with Gasteiger partial charge in [-0.05, 0) is 29.8 Å². The van der Waals surface area contributed by atoms with Gasteiger partial charge in [-0.15, -0.1) is 11.3 Å². The van der Waals surface area contributed by atoms with Crippen LogP contribution in [0, 0.1) is 0 Å². The van der Waals surface area contributed by atoms with Crippen molar-refractivity contribution in [3.63, 3.8) is 0 Å². The fraction of sp³-hybridized carbons (Fsp3) is 0.200. The summed E-state index contributed by atoms with van der Waals surface area (Å²) < 4.78 is 4.75. The molecule has 2 aromatic carbocycles.